The summed E-state index contributed by atoms with van der Waals surface area (Å²) < 4.78 is 24.0. The summed E-state index contributed by atoms with van der Waals surface area (Å²) in [7, 11) is -2.51. The molecule has 0 aromatic heterocycles. The van der Waals surface area contributed by atoms with Gasteiger partial charge >= 0.3 is 0 Å². The van der Waals surface area contributed by atoms with Crippen molar-refractivity contribution in [2.45, 2.75) is 213 Å². The lowest BCUT2D eigenvalue weighted by atomic mass is 9.94. The molecule has 0 saturated carbocycles. The van der Waals surface area contributed by atoms with Crippen molar-refractivity contribution in [3.8, 4) is 0 Å². The average Bonchev–Trinajstić information content (AvgIpc) is 3.14. The highest BCUT2D eigenvalue weighted by atomic mass is 31.2. The summed E-state index contributed by atoms with van der Waals surface area (Å²) in [5.74, 6) is -0.000814. The minimum Gasteiger partial charge on any atom is -0.756 e. The van der Waals surface area contributed by atoms with Gasteiger partial charge in [-0.05, 0) is 31.8 Å². The summed E-state index contributed by atoms with van der Waals surface area (Å²) in [6.07, 6.45) is 37.3. The number of phosphoric ester groups is 1. The summed E-state index contributed by atoms with van der Waals surface area (Å²) in [6, 6.07) is 0. The molecular weight excluding hydrogens is 683 g/mol. The second-order valence-corrected chi connectivity index (χ2v) is 17.7. The van der Waals surface area contributed by atoms with E-state index in [-0.39, 0.29) is 25.0 Å². The van der Waals surface area contributed by atoms with Crippen LogP contribution >= 0.6 is 7.82 Å². The van der Waals surface area contributed by atoms with E-state index in [1.54, 1.807) is 0 Å². The Balaban J connectivity index is 4.57. The molecule has 53 heavy (non-hydrogen) atoms. The van der Waals surface area contributed by atoms with Gasteiger partial charge in [0.2, 0.25) is 5.91 Å². The van der Waals surface area contributed by atoms with E-state index in [0.717, 1.165) is 45.2 Å². The van der Waals surface area contributed by atoms with Gasteiger partial charge in [0.25, 0.3) is 7.82 Å². The van der Waals surface area contributed by atoms with Gasteiger partial charge in [-0.25, -0.2) is 0 Å². The lowest BCUT2D eigenvalue weighted by Gasteiger charge is -2.35. The van der Waals surface area contributed by atoms with E-state index in [9.17, 15) is 19.4 Å². The van der Waals surface area contributed by atoms with Crippen LogP contribution in [0.4, 0.5) is 0 Å². The Labute approximate surface area is 329 Å². The van der Waals surface area contributed by atoms with Crippen molar-refractivity contribution in [1.29, 1.82) is 0 Å². The molecule has 4 unspecified atom stereocenters. The van der Waals surface area contributed by atoms with Crippen molar-refractivity contribution in [1.82, 2.24) is 5.32 Å². The number of quaternary nitrogens is 1. The molecule has 2 N–H and O–H groups in total. The number of carbonyl (C=O) groups is 1. The molecule has 0 bridgehead atoms. The molecule has 316 valence electrons. The van der Waals surface area contributed by atoms with Gasteiger partial charge in [0.1, 0.15) is 12.6 Å². The van der Waals surface area contributed by atoms with Gasteiger partial charge in [-0.1, -0.05) is 187 Å². The molecule has 0 spiro atoms. The Morgan fingerprint density at radius 2 is 1.06 bits per heavy atom. The van der Waals surface area contributed by atoms with Crippen molar-refractivity contribution in [3.05, 3.63) is 12.7 Å². The van der Waals surface area contributed by atoms with Crippen molar-refractivity contribution >= 4 is 13.7 Å². The quantitative estimate of drug-likeness (QED) is 0.0277. The fourth-order valence-electron chi connectivity index (χ4n) is 7.31. The first-order valence-corrected chi connectivity index (χ1v) is 24.1. The Morgan fingerprint density at radius 1 is 0.679 bits per heavy atom. The SMILES string of the molecule is C=CC(=O)NCCC[N+](C)(CC)CC(O)COP(=O)([O-])OCC(CCCCCCCCCCCCCC)CCCCCCCCCCCCCCCC. The minimum atomic E-state index is -4.53. The second kappa shape index (κ2) is 36.9. The standard InChI is InChI=1S/C44H89N2O6P/c1-6-10-12-14-16-18-20-22-23-25-27-29-31-33-36-42(35-32-30-28-26-24-21-19-17-15-13-11-7-2)40-51-53(49,50)52-41-43(47)39-46(5,9-4)38-34-37-45-44(48)8-3/h8,42-43,47H,3,6-7,9-41H2,1-2,4-5H3,(H-,45,48,49,50). The third-order valence-corrected chi connectivity index (χ3v) is 12.0. The first-order chi connectivity index (χ1) is 25.6. The van der Waals surface area contributed by atoms with Gasteiger partial charge in [-0.3, -0.25) is 9.36 Å². The van der Waals surface area contributed by atoms with E-state index in [1.165, 1.54) is 160 Å². The van der Waals surface area contributed by atoms with Crippen molar-refractivity contribution in [2.75, 3.05) is 46.4 Å². The smallest absolute Gasteiger partial charge is 0.267 e. The van der Waals surface area contributed by atoms with Gasteiger partial charge in [0.05, 0.1) is 33.4 Å². The number of unbranched alkanes of at least 4 members (excludes halogenated alkanes) is 24. The molecule has 0 saturated heterocycles. The van der Waals surface area contributed by atoms with Crippen LogP contribution in [0.3, 0.4) is 0 Å². The predicted octanol–water partition coefficient (Wildman–Crippen LogP) is 11.6. The Kier molecular flexibility index (Phi) is 36.3. The fraction of sp³-hybridized carbons (Fsp3) is 0.932. The van der Waals surface area contributed by atoms with E-state index in [0.29, 0.717) is 17.6 Å². The maximum absolute atomic E-state index is 12.8. The predicted molar refractivity (Wildman–Crippen MR) is 224 cm³/mol. The van der Waals surface area contributed by atoms with Gasteiger partial charge in [0, 0.05) is 13.0 Å². The third-order valence-electron chi connectivity index (χ3n) is 11.1. The molecule has 0 aliphatic heterocycles. The number of hydrogen-bond donors (Lipinski definition) is 2. The van der Waals surface area contributed by atoms with Gasteiger partial charge in [-0.15, -0.1) is 0 Å². The molecule has 0 aliphatic carbocycles. The average molecular weight is 773 g/mol. The second-order valence-electron chi connectivity index (χ2n) is 16.3. The Bertz CT molecular complexity index is 877. The molecule has 0 radical (unpaired) electrons. The van der Waals surface area contributed by atoms with Crippen LogP contribution in [-0.4, -0.2) is 68.0 Å². The number of aliphatic hydroxyl groups excluding tert-OH is 1. The minimum absolute atomic E-state index is 0.159. The molecule has 0 rings (SSSR count). The van der Waals surface area contributed by atoms with Crippen LogP contribution in [-0.2, 0) is 18.4 Å². The summed E-state index contributed by atoms with van der Waals surface area (Å²) in [5, 5.41) is 13.4. The number of aliphatic hydroxyl groups is 1. The summed E-state index contributed by atoms with van der Waals surface area (Å²) >= 11 is 0. The van der Waals surface area contributed by atoms with Crippen LogP contribution in [0.1, 0.15) is 207 Å². The zero-order valence-corrected chi connectivity index (χ0v) is 36.5. The monoisotopic (exact) mass is 773 g/mol. The maximum Gasteiger partial charge on any atom is 0.267 e. The van der Waals surface area contributed by atoms with Crippen LogP contribution in [0.15, 0.2) is 12.7 Å². The first-order valence-electron chi connectivity index (χ1n) is 22.6. The molecular formula is C44H89N2O6P. The van der Waals surface area contributed by atoms with Gasteiger partial charge in [-0.2, -0.15) is 0 Å². The van der Waals surface area contributed by atoms with Gasteiger partial charge < -0.3 is 28.8 Å². The topological polar surface area (TPSA) is 108 Å². The maximum atomic E-state index is 12.8. The van der Waals surface area contributed by atoms with Crippen LogP contribution in [0.5, 0.6) is 0 Å². The van der Waals surface area contributed by atoms with Crippen LogP contribution in [0, 0.1) is 5.92 Å². The Morgan fingerprint density at radius 3 is 1.43 bits per heavy atom. The van der Waals surface area contributed by atoms with E-state index < -0.39 is 13.9 Å². The zero-order chi connectivity index (χ0) is 39.3. The molecule has 0 heterocycles. The Hall–Kier alpha value is -0.760. The molecule has 0 aromatic rings. The van der Waals surface area contributed by atoms with Gasteiger partial charge in [0.15, 0.2) is 0 Å². The number of hydrogen-bond acceptors (Lipinski definition) is 6. The molecule has 0 aliphatic rings. The number of likely N-dealkylation sites (N-methyl/N-ethyl adjacent to an activating group) is 1. The molecule has 9 heteroatoms. The normalized spacial score (nSPS) is 15.1. The summed E-state index contributed by atoms with van der Waals surface area (Å²) in [5.41, 5.74) is 0. The summed E-state index contributed by atoms with van der Waals surface area (Å²) in [4.78, 5) is 24.2. The number of amides is 1. The molecule has 4 atom stereocenters. The number of nitrogens with one attached hydrogen (secondary N) is 1. The number of nitrogens with zero attached hydrogens (tertiary/aromatic N) is 1. The van der Waals surface area contributed by atoms with E-state index in [1.807, 2.05) is 14.0 Å². The van der Waals surface area contributed by atoms with E-state index >= 15 is 0 Å². The summed E-state index contributed by atoms with van der Waals surface area (Å²) in [6.45, 7) is 12.3. The highest BCUT2D eigenvalue weighted by molar-refractivity contribution is 7.45. The number of carbonyl (C=O) groups excluding carboxylic acids is 1. The molecule has 1 amide bonds. The van der Waals surface area contributed by atoms with Crippen molar-refractivity contribution in [3.63, 3.8) is 0 Å². The van der Waals surface area contributed by atoms with Crippen molar-refractivity contribution < 1.29 is 32.9 Å². The van der Waals surface area contributed by atoms with E-state index in [2.05, 4.69) is 25.7 Å². The lowest BCUT2D eigenvalue weighted by Crippen LogP contribution is -2.50. The molecule has 0 aromatic carbocycles. The lowest BCUT2D eigenvalue weighted by molar-refractivity contribution is -0.910. The molecule has 8 nitrogen and oxygen atoms in total. The molecule has 0 fully saturated rings. The van der Waals surface area contributed by atoms with Crippen LogP contribution < -0.4 is 10.2 Å². The van der Waals surface area contributed by atoms with Crippen molar-refractivity contribution in [2.24, 2.45) is 5.92 Å². The highest BCUT2D eigenvalue weighted by Gasteiger charge is 2.25. The number of rotatable bonds is 42. The fourth-order valence-corrected chi connectivity index (χ4v) is 8.13. The third kappa shape index (κ3) is 35.4. The van der Waals surface area contributed by atoms with E-state index in [4.69, 9.17) is 9.05 Å². The van der Waals surface area contributed by atoms with Crippen LogP contribution in [0.25, 0.3) is 0 Å². The zero-order valence-electron chi connectivity index (χ0n) is 35.6. The first kappa shape index (κ1) is 52.2. The number of phosphoric acid groups is 1. The largest absolute Gasteiger partial charge is 0.756 e. The van der Waals surface area contributed by atoms with Crippen LogP contribution in [0.2, 0.25) is 0 Å². The highest BCUT2D eigenvalue weighted by Crippen LogP contribution is 2.40.